The van der Waals surface area contributed by atoms with Crippen LogP contribution in [-0.4, -0.2) is 37.6 Å². The van der Waals surface area contributed by atoms with Crippen molar-refractivity contribution in [1.82, 2.24) is 9.88 Å². The average Bonchev–Trinajstić information content (AvgIpc) is 2.66. The fourth-order valence-corrected chi connectivity index (χ4v) is 4.45. The van der Waals surface area contributed by atoms with E-state index in [-0.39, 0.29) is 5.75 Å². The third kappa shape index (κ3) is 3.43. The van der Waals surface area contributed by atoms with Gasteiger partial charge in [0.1, 0.15) is 0 Å². The molecule has 1 aromatic heterocycles. The van der Waals surface area contributed by atoms with Crippen molar-refractivity contribution < 1.29 is 8.42 Å². The van der Waals surface area contributed by atoms with Gasteiger partial charge in [0, 0.05) is 24.4 Å². The minimum absolute atomic E-state index is 0.174. The third-order valence-electron chi connectivity index (χ3n) is 2.93. The normalized spacial score (nSPS) is 16.6. The van der Waals surface area contributed by atoms with Crippen molar-refractivity contribution in [3.63, 3.8) is 0 Å². The van der Waals surface area contributed by atoms with E-state index in [0.717, 1.165) is 31.6 Å². The highest BCUT2D eigenvalue weighted by molar-refractivity contribution is 7.92. The van der Waals surface area contributed by atoms with Gasteiger partial charge in [-0.15, -0.1) is 0 Å². The number of thiazole rings is 1. The highest BCUT2D eigenvalue weighted by Gasteiger charge is 2.20. The summed E-state index contributed by atoms with van der Waals surface area (Å²) in [5.41, 5.74) is 1.05. The Balaban J connectivity index is 2.07. The zero-order valence-electron chi connectivity index (χ0n) is 10.8. The Morgan fingerprint density at radius 3 is 3.00 bits per heavy atom. The highest BCUT2D eigenvalue weighted by Crippen LogP contribution is 2.28. The third-order valence-corrected chi connectivity index (χ3v) is 5.39. The predicted molar refractivity (Wildman–Crippen MR) is 74.5 cm³/mol. The predicted octanol–water partition coefficient (Wildman–Crippen LogP) is 1.67. The van der Waals surface area contributed by atoms with Gasteiger partial charge in [-0.05, 0) is 13.5 Å². The van der Waals surface area contributed by atoms with E-state index < -0.39 is 10.0 Å². The minimum Gasteiger partial charge on any atom is -0.301 e. The number of rotatable bonds is 5. The molecule has 5 nitrogen and oxygen atoms in total. The number of nitrogens with zero attached hydrogens (tertiary/aromatic N) is 2. The summed E-state index contributed by atoms with van der Waals surface area (Å²) < 4.78 is 26.1. The number of hydrogen-bond donors (Lipinski definition) is 1. The number of anilines is 1. The molecule has 18 heavy (non-hydrogen) atoms. The number of sulfonamides is 1. The molecular weight excluding hydrogens is 270 g/mol. The second kappa shape index (κ2) is 5.54. The Morgan fingerprint density at radius 2 is 2.28 bits per heavy atom. The maximum absolute atomic E-state index is 11.8. The Labute approximate surface area is 112 Å². The van der Waals surface area contributed by atoms with E-state index in [1.807, 2.05) is 6.92 Å². The lowest BCUT2D eigenvalue weighted by Crippen LogP contribution is -2.25. The lowest BCUT2D eigenvalue weighted by Gasteiger charge is -2.20. The highest BCUT2D eigenvalue weighted by atomic mass is 32.2. The quantitative estimate of drug-likeness (QED) is 0.895. The second-order valence-corrected chi connectivity index (χ2v) is 7.58. The number of unbranched alkanes of at least 4 members (excludes halogenated alkanes) is 1. The van der Waals surface area contributed by atoms with Gasteiger partial charge < -0.3 is 4.90 Å². The van der Waals surface area contributed by atoms with Crippen LogP contribution in [-0.2, 0) is 23.0 Å². The van der Waals surface area contributed by atoms with E-state index >= 15 is 0 Å². The van der Waals surface area contributed by atoms with E-state index in [0.29, 0.717) is 11.6 Å². The molecular formula is C11H19N3O2S2. The molecule has 0 bridgehead atoms. The number of hydrogen-bond acceptors (Lipinski definition) is 5. The van der Waals surface area contributed by atoms with Crippen molar-refractivity contribution in [3.8, 4) is 0 Å². The Hall–Kier alpha value is -0.660. The molecule has 0 aromatic carbocycles. The SMILES string of the molecule is CCCCS(=O)(=O)Nc1nc2c(s1)CN(C)CC2. The van der Waals surface area contributed by atoms with E-state index in [1.165, 1.54) is 16.2 Å². The zero-order chi connectivity index (χ0) is 13.2. The summed E-state index contributed by atoms with van der Waals surface area (Å²) in [7, 11) is -1.16. The lowest BCUT2D eigenvalue weighted by molar-refractivity contribution is 0.314. The van der Waals surface area contributed by atoms with Crippen LogP contribution in [0.4, 0.5) is 5.13 Å². The second-order valence-electron chi connectivity index (χ2n) is 4.65. The Morgan fingerprint density at radius 1 is 1.50 bits per heavy atom. The first-order chi connectivity index (χ1) is 8.50. The fourth-order valence-electron chi connectivity index (χ4n) is 1.89. The Kier molecular flexibility index (Phi) is 4.24. The maximum atomic E-state index is 11.8. The zero-order valence-corrected chi connectivity index (χ0v) is 12.4. The van der Waals surface area contributed by atoms with Crippen molar-refractivity contribution in [2.75, 3.05) is 24.1 Å². The molecule has 2 rings (SSSR count). The molecule has 0 saturated heterocycles. The Bertz CT molecular complexity index is 510. The summed E-state index contributed by atoms with van der Waals surface area (Å²) in [6.07, 6.45) is 2.46. The molecule has 0 saturated carbocycles. The molecule has 0 radical (unpaired) electrons. The molecule has 102 valence electrons. The van der Waals surface area contributed by atoms with Crippen LogP contribution in [0.5, 0.6) is 0 Å². The monoisotopic (exact) mass is 289 g/mol. The van der Waals surface area contributed by atoms with E-state index in [2.05, 4.69) is 21.7 Å². The van der Waals surface area contributed by atoms with E-state index in [9.17, 15) is 8.42 Å². The van der Waals surface area contributed by atoms with Crippen LogP contribution in [0.1, 0.15) is 30.3 Å². The lowest BCUT2D eigenvalue weighted by atomic mass is 10.2. The van der Waals surface area contributed by atoms with Crippen molar-refractivity contribution in [1.29, 1.82) is 0 Å². The summed E-state index contributed by atoms with van der Waals surface area (Å²) in [6.45, 7) is 3.83. The molecule has 0 unspecified atom stereocenters. The molecule has 0 spiro atoms. The number of fused-ring (bicyclic) bond motifs is 1. The summed E-state index contributed by atoms with van der Waals surface area (Å²) in [4.78, 5) is 7.78. The molecule has 0 atom stereocenters. The van der Waals surface area contributed by atoms with Crippen molar-refractivity contribution >= 4 is 26.5 Å². The molecule has 1 aromatic rings. The molecule has 1 aliphatic rings. The van der Waals surface area contributed by atoms with E-state index in [1.54, 1.807) is 0 Å². The van der Waals surface area contributed by atoms with Gasteiger partial charge >= 0.3 is 0 Å². The van der Waals surface area contributed by atoms with Crippen LogP contribution < -0.4 is 4.72 Å². The van der Waals surface area contributed by atoms with Gasteiger partial charge in [-0.1, -0.05) is 24.7 Å². The minimum atomic E-state index is -3.23. The van der Waals surface area contributed by atoms with Crippen LogP contribution in [0, 0.1) is 0 Å². The van der Waals surface area contributed by atoms with Crippen molar-refractivity contribution in [3.05, 3.63) is 10.6 Å². The van der Waals surface area contributed by atoms with Gasteiger partial charge in [0.25, 0.3) is 0 Å². The van der Waals surface area contributed by atoms with Crippen LogP contribution in [0.3, 0.4) is 0 Å². The van der Waals surface area contributed by atoms with Gasteiger partial charge in [-0.25, -0.2) is 13.4 Å². The fraction of sp³-hybridized carbons (Fsp3) is 0.727. The van der Waals surface area contributed by atoms with Gasteiger partial charge in [-0.3, -0.25) is 4.72 Å². The van der Waals surface area contributed by atoms with Crippen LogP contribution in [0.25, 0.3) is 0 Å². The van der Waals surface area contributed by atoms with Crippen LogP contribution in [0.2, 0.25) is 0 Å². The number of aromatic nitrogens is 1. The number of nitrogens with one attached hydrogen (secondary N) is 1. The van der Waals surface area contributed by atoms with Crippen molar-refractivity contribution in [2.45, 2.75) is 32.7 Å². The molecule has 0 aliphatic carbocycles. The molecule has 0 amide bonds. The standard InChI is InChI=1S/C11H19N3O2S2/c1-3-4-7-18(15,16)13-11-12-9-5-6-14(2)8-10(9)17-11/h3-8H2,1-2H3,(H,12,13). The van der Waals surface area contributed by atoms with Gasteiger partial charge in [-0.2, -0.15) is 0 Å². The molecule has 2 heterocycles. The van der Waals surface area contributed by atoms with Gasteiger partial charge in [0.15, 0.2) is 5.13 Å². The largest absolute Gasteiger partial charge is 0.301 e. The molecule has 1 N–H and O–H groups in total. The summed E-state index contributed by atoms with van der Waals surface area (Å²) in [5, 5.41) is 0.520. The summed E-state index contributed by atoms with van der Waals surface area (Å²) in [5.74, 6) is 0.174. The summed E-state index contributed by atoms with van der Waals surface area (Å²) >= 11 is 1.46. The number of likely N-dealkylation sites (N-methyl/N-ethyl adjacent to an activating group) is 1. The maximum Gasteiger partial charge on any atom is 0.234 e. The average molecular weight is 289 g/mol. The molecule has 1 aliphatic heterocycles. The smallest absolute Gasteiger partial charge is 0.234 e. The topological polar surface area (TPSA) is 62.3 Å². The van der Waals surface area contributed by atoms with Crippen molar-refractivity contribution in [2.24, 2.45) is 0 Å². The van der Waals surface area contributed by atoms with Gasteiger partial charge in [0.05, 0.1) is 11.4 Å². The first-order valence-electron chi connectivity index (χ1n) is 6.18. The van der Waals surface area contributed by atoms with Crippen LogP contribution in [0.15, 0.2) is 0 Å². The molecule has 0 fully saturated rings. The first kappa shape index (κ1) is 13.8. The summed E-state index contributed by atoms with van der Waals surface area (Å²) in [6, 6.07) is 0. The van der Waals surface area contributed by atoms with E-state index in [4.69, 9.17) is 0 Å². The first-order valence-corrected chi connectivity index (χ1v) is 8.64. The van der Waals surface area contributed by atoms with Crippen LogP contribution >= 0.6 is 11.3 Å². The molecule has 7 heteroatoms. The van der Waals surface area contributed by atoms with Gasteiger partial charge in [0.2, 0.25) is 10.0 Å².